The van der Waals surface area contributed by atoms with Crippen LogP contribution in [0.5, 0.6) is 0 Å². The van der Waals surface area contributed by atoms with Crippen LogP contribution in [0.4, 0.5) is 11.8 Å². The van der Waals surface area contributed by atoms with Gasteiger partial charge in [0.25, 0.3) is 0 Å². The third kappa shape index (κ3) is 5.50. The van der Waals surface area contributed by atoms with Crippen LogP contribution in [0.25, 0.3) is 0 Å². The summed E-state index contributed by atoms with van der Waals surface area (Å²) in [6.45, 7) is 6.27. The van der Waals surface area contributed by atoms with Crippen LogP contribution in [0.3, 0.4) is 0 Å². The first kappa shape index (κ1) is 16.0. The van der Waals surface area contributed by atoms with Gasteiger partial charge in [-0.3, -0.25) is 0 Å². The highest BCUT2D eigenvalue weighted by molar-refractivity contribution is 5.43. The van der Waals surface area contributed by atoms with Gasteiger partial charge in [-0.05, 0) is 46.8 Å². The van der Waals surface area contributed by atoms with E-state index in [4.69, 9.17) is 4.98 Å². The summed E-state index contributed by atoms with van der Waals surface area (Å²) in [4.78, 5) is 13.9. The number of anilines is 2. The Morgan fingerprint density at radius 2 is 1.86 bits per heavy atom. The predicted molar refractivity (Wildman–Crippen MR) is 89.1 cm³/mol. The van der Waals surface area contributed by atoms with Crippen molar-refractivity contribution in [3.8, 4) is 0 Å². The molecule has 1 saturated heterocycles. The van der Waals surface area contributed by atoms with E-state index in [0.717, 1.165) is 50.1 Å². The van der Waals surface area contributed by atoms with Crippen molar-refractivity contribution < 1.29 is 0 Å². The van der Waals surface area contributed by atoms with Gasteiger partial charge in [0, 0.05) is 31.4 Å². The highest BCUT2D eigenvalue weighted by Crippen LogP contribution is 2.18. The zero-order valence-corrected chi connectivity index (χ0v) is 13.7. The molecule has 1 aromatic rings. The Labute approximate surface area is 128 Å². The molecule has 1 aromatic heterocycles. The second kappa shape index (κ2) is 8.17. The molecule has 21 heavy (non-hydrogen) atoms. The molecule has 5 nitrogen and oxygen atoms in total. The Morgan fingerprint density at radius 1 is 1.14 bits per heavy atom. The maximum Gasteiger partial charge on any atom is 0.227 e. The van der Waals surface area contributed by atoms with Crippen LogP contribution in [0.15, 0.2) is 6.07 Å². The molecule has 0 saturated carbocycles. The molecule has 2 heterocycles. The van der Waals surface area contributed by atoms with Crippen LogP contribution in [-0.2, 0) is 0 Å². The normalized spacial score (nSPS) is 16.1. The standard InChI is InChI=1S/C16H29N5/c1-14-13-15(17-9-8-10-20(2)3)19-16(18-14)21-11-6-4-5-7-12-21/h13H,4-12H2,1-3H3,(H,17,18,19). The predicted octanol–water partition coefficient (Wildman–Crippen LogP) is 2.53. The molecule has 0 aliphatic carbocycles. The maximum atomic E-state index is 4.71. The molecule has 0 unspecified atom stereocenters. The van der Waals surface area contributed by atoms with E-state index >= 15 is 0 Å². The molecule has 0 bridgehead atoms. The fraction of sp³-hybridized carbons (Fsp3) is 0.750. The van der Waals surface area contributed by atoms with Gasteiger partial charge in [-0.2, -0.15) is 4.98 Å². The molecule has 2 rings (SSSR count). The number of rotatable bonds is 6. The molecule has 0 radical (unpaired) electrons. The van der Waals surface area contributed by atoms with Gasteiger partial charge < -0.3 is 15.1 Å². The van der Waals surface area contributed by atoms with E-state index in [0.29, 0.717) is 0 Å². The van der Waals surface area contributed by atoms with Crippen molar-refractivity contribution in [2.24, 2.45) is 0 Å². The van der Waals surface area contributed by atoms with E-state index in [9.17, 15) is 0 Å². The maximum absolute atomic E-state index is 4.71. The number of nitrogens with zero attached hydrogens (tertiary/aromatic N) is 4. The lowest BCUT2D eigenvalue weighted by atomic mass is 10.2. The van der Waals surface area contributed by atoms with Crippen LogP contribution >= 0.6 is 0 Å². The van der Waals surface area contributed by atoms with E-state index in [-0.39, 0.29) is 0 Å². The zero-order valence-electron chi connectivity index (χ0n) is 13.7. The van der Waals surface area contributed by atoms with E-state index in [1.165, 1.54) is 25.7 Å². The number of hydrogen-bond donors (Lipinski definition) is 1. The second-order valence-electron chi connectivity index (χ2n) is 6.18. The Morgan fingerprint density at radius 3 is 2.52 bits per heavy atom. The minimum atomic E-state index is 0.895. The van der Waals surface area contributed by atoms with Crippen LogP contribution in [-0.4, -0.2) is 55.1 Å². The number of hydrogen-bond acceptors (Lipinski definition) is 5. The summed E-state index contributed by atoms with van der Waals surface area (Å²) < 4.78 is 0. The summed E-state index contributed by atoms with van der Waals surface area (Å²) in [5, 5.41) is 3.43. The molecule has 1 N–H and O–H groups in total. The van der Waals surface area contributed by atoms with Gasteiger partial charge >= 0.3 is 0 Å². The van der Waals surface area contributed by atoms with Gasteiger partial charge in [0.1, 0.15) is 5.82 Å². The third-order valence-electron chi connectivity index (χ3n) is 3.82. The zero-order chi connectivity index (χ0) is 15.1. The van der Waals surface area contributed by atoms with Gasteiger partial charge in [0.2, 0.25) is 5.95 Å². The largest absolute Gasteiger partial charge is 0.370 e. The topological polar surface area (TPSA) is 44.3 Å². The molecule has 118 valence electrons. The molecule has 0 amide bonds. The second-order valence-corrected chi connectivity index (χ2v) is 6.18. The summed E-state index contributed by atoms with van der Waals surface area (Å²) in [6.07, 6.45) is 6.29. The van der Waals surface area contributed by atoms with Crippen LogP contribution in [0.2, 0.25) is 0 Å². The fourth-order valence-electron chi connectivity index (χ4n) is 2.67. The summed E-state index contributed by atoms with van der Waals surface area (Å²) in [5.74, 6) is 1.85. The molecular weight excluding hydrogens is 262 g/mol. The van der Waals surface area contributed by atoms with Crippen molar-refractivity contribution in [2.75, 3.05) is 50.5 Å². The van der Waals surface area contributed by atoms with Crippen LogP contribution in [0, 0.1) is 6.92 Å². The lowest BCUT2D eigenvalue weighted by Gasteiger charge is -2.21. The molecule has 1 aliphatic heterocycles. The Kier molecular flexibility index (Phi) is 6.23. The molecular formula is C16H29N5. The number of nitrogens with one attached hydrogen (secondary N) is 1. The lowest BCUT2D eigenvalue weighted by molar-refractivity contribution is 0.405. The van der Waals surface area contributed by atoms with Gasteiger partial charge in [-0.1, -0.05) is 12.8 Å². The average Bonchev–Trinajstić information content (AvgIpc) is 2.72. The van der Waals surface area contributed by atoms with Crippen molar-refractivity contribution in [3.05, 3.63) is 11.8 Å². The highest BCUT2D eigenvalue weighted by atomic mass is 15.3. The van der Waals surface area contributed by atoms with Crippen LogP contribution < -0.4 is 10.2 Å². The first-order valence-corrected chi connectivity index (χ1v) is 8.14. The SMILES string of the molecule is Cc1cc(NCCCN(C)C)nc(N2CCCCCC2)n1. The van der Waals surface area contributed by atoms with Crippen molar-refractivity contribution in [3.63, 3.8) is 0 Å². The van der Waals surface area contributed by atoms with Gasteiger partial charge in [-0.15, -0.1) is 0 Å². The van der Waals surface area contributed by atoms with E-state index < -0.39 is 0 Å². The average molecular weight is 291 g/mol. The minimum Gasteiger partial charge on any atom is -0.370 e. The molecule has 0 aromatic carbocycles. The minimum absolute atomic E-state index is 0.895. The van der Waals surface area contributed by atoms with Crippen molar-refractivity contribution in [1.82, 2.24) is 14.9 Å². The molecule has 1 fully saturated rings. The smallest absolute Gasteiger partial charge is 0.227 e. The van der Waals surface area contributed by atoms with Crippen molar-refractivity contribution >= 4 is 11.8 Å². The first-order chi connectivity index (χ1) is 10.1. The Hall–Kier alpha value is -1.36. The monoisotopic (exact) mass is 291 g/mol. The fourth-order valence-corrected chi connectivity index (χ4v) is 2.67. The molecule has 0 atom stereocenters. The van der Waals surface area contributed by atoms with Gasteiger partial charge in [0.05, 0.1) is 0 Å². The summed E-state index contributed by atoms with van der Waals surface area (Å²) in [5.41, 5.74) is 1.04. The van der Waals surface area contributed by atoms with E-state index in [2.05, 4.69) is 34.2 Å². The first-order valence-electron chi connectivity index (χ1n) is 8.14. The third-order valence-corrected chi connectivity index (χ3v) is 3.82. The highest BCUT2D eigenvalue weighted by Gasteiger charge is 2.13. The van der Waals surface area contributed by atoms with Gasteiger partial charge in [0.15, 0.2) is 0 Å². The van der Waals surface area contributed by atoms with Gasteiger partial charge in [-0.25, -0.2) is 4.98 Å². The van der Waals surface area contributed by atoms with Crippen molar-refractivity contribution in [1.29, 1.82) is 0 Å². The summed E-state index contributed by atoms with van der Waals surface area (Å²) in [6, 6.07) is 2.04. The Balaban J connectivity index is 1.95. The molecule has 0 spiro atoms. The van der Waals surface area contributed by atoms with E-state index in [1.54, 1.807) is 0 Å². The number of aryl methyl sites for hydroxylation is 1. The summed E-state index contributed by atoms with van der Waals surface area (Å²) in [7, 11) is 4.21. The van der Waals surface area contributed by atoms with Crippen molar-refractivity contribution in [2.45, 2.75) is 39.0 Å². The molecule has 5 heteroatoms. The van der Waals surface area contributed by atoms with Crippen LogP contribution in [0.1, 0.15) is 37.8 Å². The number of aromatic nitrogens is 2. The summed E-state index contributed by atoms with van der Waals surface area (Å²) >= 11 is 0. The lowest BCUT2D eigenvalue weighted by Crippen LogP contribution is -2.26. The molecule has 1 aliphatic rings. The van der Waals surface area contributed by atoms with E-state index in [1.807, 2.05) is 13.0 Å². The quantitative estimate of drug-likeness (QED) is 0.816. The Bertz CT molecular complexity index is 425.